The standard InChI is InChI=1S/C23H26F3N5O2S/c24-23(25,26)17-5-1-3-15(11-17)12-27-20(32)14-34-21-9-8-19(29-30-21)31-10-2-4-16(13-31)22(33)28-18-6-7-18/h1,3,5,8-9,11,16,18H,2,4,6-7,10,12-14H2,(H,27,32)(H,28,33)/t16-/m1/s1. The van der Waals surface area contributed by atoms with Gasteiger partial charge in [-0.1, -0.05) is 23.9 Å². The van der Waals surface area contributed by atoms with Crippen molar-refractivity contribution in [1.82, 2.24) is 20.8 Å². The van der Waals surface area contributed by atoms with Crippen LogP contribution in [0.4, 0.5) is 19.0 Å². The summed E-state index contributed by atoms with van der Waals surface area (Å²) in [4.78, 5) is 26.5. The van der Waals surface area contributed by atoms with Crippen LogP contribution in [-0.4, -0.2) is 46.9 Å². The zero-order chi connectivity index (χ0) is 24.1. The average Bonchev–Trinajstić information content (AvgIpc) is 3.65. The Bertz CT molecular complexity index is 1010. The van der Waals surface area contributed by atoms with Crippen molar-refractivity contribution in [3.05, 3.63) is 47.5 Å². The summed E-state index contributed by atoms with van der Waals surface area (Å²) in [6.45, 7) is 1.43. The van der Waals surface area contributed by atoms with Gasteiger partial charge in [0.15, 0.2) is 5.82 Å². The zero-order valence-electron chi connectivity index (χ0n) is 18.5. The first-order valence-electron chi connectivity index (χ1n) is 11.2. The van der Waals surface area contributed by atoms with E-state index in [1.54, 1.807) is 6.07 Å². The molecule has 1 aromatic heterocycles. The molecule has 2 heterocycles. The van der Waals surface area contributed by atoms with Gasteiger partial charge in [0, 0.05) is 25.7 Å². The highest BCUT2D eigenvalue weighted by Gasteiger charge is 2.31. The summed E-state index contributed by atoms with van der Waals surface area (Å²) in [7, 11) is 0. The Balaban J connectivity index is 1.23. The highest BCUT2D eigenvalue weighted by Crippen LogP contribution is 2.29. The van der Waals surface area contributed by atoms with Gasteiger partial charge in [0.1, 0.15) is 5.03 Å². The maximum atomic E-state index is 12.8. The number of hydrogen-bond donors (Lipinski definition) is 2. The van der Waals surface area contributed by atoms with E-state index in [4.69, 9.17) is 0 Å². The lowest BCUT2D eigenvalue weighted by atomic mass is 9.97. The number of piperidine rings is 1. The molecule has 2 fully saturated rings. The molecule has 0 spiro atoms. The van der Waals surface area contributed by atoms with Crippen LogP contribution in [0.15, 0.2) is 41.4 Å². The van der Waals surface area contributed by atoms with Crippen molar-refractivity contribution in [3.63, 3.8) is 0 Å². The minimum Gasteiger partial charge on any atom is -0.354 e. The fourth-order valence-electron chi connectivity index (χ4n) is 3.75. The number of benzene rings is 1. The Morgan fingerprint density at radius 2 is 1.94 bits per heavy atom. The number of alkyl halides is 3. The van der Waals surface area contributed by atoms with E-state index in [-0.39, 0.29) is 30.0 Å². The highest BCUT2D eigenvalue weighted by molar-refractivity contribution is 7.99. The van der Waals surface area contributed by atoms with Crippen molar-refractivity contribution in [2.24, 2.45) is 5.92 Å². The molecular weight excluding hydrogens is 467 g/mol. The molecule has 1 aliphatic carbocycles. The van der Waals surface area contributed by atoms with E-state index in [1.807, 2.05) is 6.07 Å². The zero-order valence-corrected chi connectivity index (χ0v) is 19.3. The minimum absolute atomic E-state index is 0.0123. The molecule has 1 saturated heterocycles. The van der Waals surface area contributed by atoms with Gasteiger partial charge >= 0.3 is 6.18 Å². The van der Waals surface area contributed by atoms with Gasteiger partial charge in [-0.15, -0.1) is 10.2 Å². The van der Waals surface area contributed by atoms with E-state index < -0.39 is 11.7 Å². The van der Waals surface area contributed by atoms with E-state index in [0.717, 1.165) is 44.4 Å². The largest absolute Gasteiger partial charge is 0.416 e. The number of thioether (sulfide) groups is 1. The summed E-state index contributed by atoms with van der Waals surface area (Å²) in [5.41, 5.74) is -0.365. The molecule has 2 aromatic rings. The molecule has 2 N–H and O–H groups in total. The van der Waals surface area contributed by atoms with Crippen LogP contribution in [0.3, 0.4) is 0 Å². The van der Waals surface area contributed by atoms with Gasteiger partial charge in [-0.2, -0.15) is 13.2 Å². The normalized spacial score (nSPS) is 18.4. The number of carbonyl (C=O) groups is 2. The first-order valence-corrected chi connectivity index (χ1v) is 12.2. The number of aromatic nitrogens is 2. The monoisotopic (exact) mass is 493 g/mol. The molecule has 0 unspecified atom stereocenters. The van der Waals surface area contributed by atoms with Crippen molar-refractivity contribution in [2.45, 2.75) is 49.5 Å². The molecule has 7 nitrogen and oxygen atoms in total. The van der Waals surface area contributed by atoms with Crippen molar-refractivity contribution in [2.75, 3.05) is 23.7 Å². The number of carbonyl (C=O) groups excluding carboxylic acids is 2. The Morgan fingerprint density at radius 1 is 1.12 bits per heavy atom. The number of halogens is 3. The van der Waals surface area contributed by atoms with Gasteiger partial charge in [0.05, 0.1) is 17.2 Å². The summed E-state index contributed by atoms with van der Waals surface area (Å²) in [6, 6.07) is 8.84. The molecule has 182 valence electrons. The Hall–Kier alpha value is -2.82. The number of amides is 2. The van der Waals surface area contributed by atoms with E-state index in [1.165, 1.54) is 23.9 Å². The van der Waals surface area contributed by atoms with Crippen molar-refractivity contribution < 1.29 is 22.8 Å². The molecule has 1 atom stereocenters. The first kappa shape index (κ1) is 24.3. The van der Waals surface area contributed by atoms with E-state index in [2.05, 4.69) is 25.7 Å². The van der Waals surface area contributed by atoms with Gasteiger partial charge in [0.25, 0.3) is 0 Å². The van der Waals surface area contributed by atoms with Crippen molar-refractivity contribution >= 4 is 29.4 Å². The molecule has 34 heavy (non-hydrogen) atoms. The SMILES string of the molecule is O=C(CSc1ccc(N2CCC[C@@H](C(=O)NC3CC3)C2)nn1)NCc1cccc(C(F)(F)F)c1. The predicted octanol–water partition coefficient (Wildman–Crippen LogP) is 3.40. The molecule has 4 rings (SSSR count). The number of rotatable bonds is 8. The van der Waals surface area contributed by atoms with Crippen LogP contribution in [0.5, 0.6) is 0 Å². The van der Waals surface area contributed by atoms with Gasteiger partial charge in [-0.25, -0.2) is 0 Å². The number of hydrogen-bond acceptors (Lipinski definition) is 6. The third-order valence-corrected chi connectivity index (χ3v) is 6.68. The highest BCUT2D eigenvalue weighted by atomic mass is 32.2. The summed E-state index contributed by atoms with van der Waals surface area (Å²) < 4.78 is 38.4. The summed E-state index contributed by atoms with van der Waals surface area (Å²) in [6.07, 6.45) is -0.510. The third kappa shape index (κ3) is 6.85. The summed E-state index contributed by atoms with van der Waals surface area (Å²) in [5, 5.41) is 14.7. The van der Waals surface area contributed by atoms with E-state index in [0.29, 0.717) is 29.0 Å². The first-order chi connectivity index (χ1) is 16.3. The smallest absolute Gasteiger partial charge is 0.354 e. The van der Waals surface area contributed by atoms with Gasteiger partial charge in [-0.3, -0.25) is 9.59 Å². The third-order valence-electron chi connectivity index (χ3n) is 5.76. The van der Waals surface area contributed by atoms with Crippen LogP contribution in [0.1, 0.15) is 36.8 Å². The second-order valence-corrected chi connectivity index (χ2v) is 9.56. The van der Waals surface area contributed by atoms with E-state index in [9.17, 15) is 22.8 Å². The summed E-state index contributed by atoms with van der Waals surface area (Å²) >= 11 is 1.20. The molecule has 1 aromatic carbocycles. The van der Waals surface area contributed by atoms with Gasteiger partial charge in [-0.05, 0) is 55.5 Å². The number of nitrogens with one attached hydrogen (secondary N) is 2. The van der Waals surface area contributed by atoms with Crippen LogP contribution in [0.25, 0.3) is 0 Å². The van der Waals surface area contributed by atoms with Crippen molar-refractivity contribution in [1.29, 1.82) is 0 Å². The second-order valence-electron chi connectivity index (χ2n) is 8.56. The van der Waals surface area contributed by atoms with Gasteiger partial charge < -0.3 is 15.5 Å². The fraction of sp³-hybridized carbons (Fsp3) is 0.478. The topological polar surface area (TPSA) is 87.2 Å². The fourth-order valence-corrected chi connectivity index (χ4v) is 4.40. The Kier molecular flexibility index (Phi) is 7.60. The lowest BCUT2D eigenvalue weighted by Crippen LogP contribution is -2.44. The van der Waals surface area contributed by atoms with Crippen molar-refractivity contribution in [3.8, 4) is 0 Å². The van der Waals surface area contributed by atoms with Crippen LogP contribution in [0, 0.1) is 5.92 Å². The predicted molar refractivity (Wildman–Crippen MR) is 122 cm³/mol. The average molecular weight is 494 g/mol. The maximum absolute atomic E-state index is 12.8. The second kappa shape index (κ2) is 10.6. The Morgan fingerprint density at radius 3 is 2.65 bits per heavy atom. The molecule has 0 bridgehead atoms. The lowest BCUT2D eigenvalue weighted by molar-refractivity contribution is -0.137. The maximum Gasteiger partial charge on any atom is 0.416 e. The molecule has 0 radical (unpaired) electrons. The minimum atomic E-state index is -4.42. The molecule has 11 heteroatoms. The van der Waals surface area contributed by atoms with Crippen LogP contribution in [-0.2, 0) is 22.3 Å². The molecule has 1 saturated carbocycles. The summed E-state index contributed by atoms with van der Waals surface area (Å²) in [5.74, 6) is 0.519. The van der Waals surface area contributed by atoms with Crippen LogP contribution in [0.2, 0.25) is 0 Å². The van der Waals surface area contributed by atoms with Crippen LogP contribution < -0.4 is 15.5 Å². The van der Waals surface area contributed by atoms with E-state index >= 15 is 0 Å². The molecular formula is C23H26F3N5O2S. The molecule has 1 aliphatic heterocycles. The van der Waals surface area contributed by atoms with Crippen LogP contribution >= 0.6 is 11.8 Å². The number of nitrogens with zero attached hydrogens (tertiary/aromatic N) is 3. The van der Waals surface area contributed by atoms with Gasteiger partial charge in [0.2, 0.25) is 11.8 Å². The Labute approximate surface area is 199 Å². The lowest BCUT2D eigenvalue weighted by Gasteiger charge is -2.32. The molecule has 2 aliphatic rings. The quantitative estimate of drug-likeness (QED) is 0.549. The number of anilines is 1. The molecule has 2 amide bonds.